The van der Waals surface area contributed by atoms with Crippen molar-refractivity contribution >= 4 is 33.6 Å². The lowest BCUT2D eigenvalue weighted by Gasteiger charge is -2.10. The minimum atomic E-state index is -0.579. The van der Waals surface area contributed by atoms with Crippen molar-refractivity contribution in [3.8, 4) is 11.4 Å². The van der Waals surface area contributed by atoms with E-state index in [9.17, 15) is 9.59 Å². The Morgan fingerprint density at radius 2 is 1.77 bits per heavy atom. The first-order chi connectivity index (χ1) is 12.7. The van der Waals surface area contributed by atoms with Crippen LogP contribution in [0.5, 0.6) is 0 Å². The van der Waals surface area contributed by atoms with Crippen LogP contribution in [0.4, 0.5) is 5.82 Å². The summed E-state index contributed by atoms with van der Waals surface area (Å²) in [5.74, 6) is 0.358. The van der Waals surface area contributed by atoms with Crippen molar-refractivity contribution in [1.29, 1.82) is 0 Å². The van der Waals surface area contributed by atoms with Crippen LogP contribution in [0.2, 0.25) is 0 Å². The number of carbonyl (C=O) groups is 1. The number of rotatable bonds is 3. The second kappa shape index (κ2) is 6.40. The first kappa shape index (κ1) is 16.0. The summed E-state index contributed by atoms with van der Waals surface area (Å²) >= 11 is 0. The molecule has 0 spiro atoms. The molecule has 2 heterocycles. The molecule has 0 saturated carbocycles. The minimum Gasteiger partial charge on any atom is -0.422 e. The zero-order valence-corrected chi connectivity index (χ0v) is 14.0. The molecule has 4 aromatic rings. The Balaban J connectivity index is 2.11. The van der Waals surface area contributed by atoms with Crippen molar-refractivity contribution < 1.29 is 9.21 Å². The predicted molar refractivity (Wildman–Crippen MR) is 99.9 cm³/mol. The van der Waals surface area contributed by atoms with Crippen molar-refractivity contribution in [2.24, 2.45) is 0 Å². The van der Waals surface area contributed by atoms with E-state index in [0.717, 1.165) is 5.56 Å². The maximum absolute atomic E-state index is 12.5. The van der Waals surface area contributed by atoms with E-state index < -0.39 is 5.63 Å². The van der Waals surface area contributed by atoms with E-state index in [2.05, 4.69) is 15.3 Å². The van der Waals surface area contributed by atoms with E-state index in [1.54, 1.807) is 19.1 Å². The third kappa shape index (κ3) is 2.71. The molecule has 6 heteroatoms. The number of para-hydroxylation sites is 1. The lowest BCUT2D eigenvalue weighted by Crippen LogP contribution is -2.15. The highest BCUT2D eigenvalue weighted by atomic mass is 16.4. The largest absolute Gasteiger partial charge is 0.422 e. The van der Waals surface area contributed by atoms with Gasteiger partial charge in [0, 0.05) is 17.4 Å². The van der Waals surface area contributed by atoms with E-state index in [0.29, 0.717) is 22.3 Å². The van der Waals surface area contributed by atoms with Gasteiger partial charge < -0.3 is 9.73 Å². The third-order valence-corrected chi connectivity index (χ3v) is 4.07. The number of hydrogen-bond acceptors (Lipinski definition) is 5. The van der Waals surface area contributed by atoms with Crippen molar-refractivity contribution in [2.45, 2.75) is 13.3 Å². The molecule has 1 amide bonds. The lowest BCUT2D eigenvalue weighted by atomic mass is 10.1. The molecule has 26 heavy (non-hydrogen) atoms. The Morgan fingerprint density at radius 1 is 1.04 bits per heavy atom. The Morgan fingerprint density at radius 3 is 2.54 bits per heavy atom. The first-order valence-electron chi connectivity index (χ1n) is 8.26. The fourth-order valence-electron chi connectivity index (χ4n) is 2.78. The Labute approximate surface area is 148 Å². The zero-order chi connectivity index (χ0) is 18.1. The summed E-state index contributed by atoms with van der Waals surface area (Å²) < 4.78 is 5.39. The average molecular weight is 345 g/mol. The minimum absolute atomic E-state index is 0.167. The normalized spacial score (nSPS) is 11.0. The van der Waals surface area contributed by atoms with Gasteiger partial charge in [-0.2, -0.15) is 0 Å². The molecule has 0 fully saturated rings. The van der Waals surface area contributed by atoms with E-state index in [1.165, 1.54) is 0 Å². The molecule has 2 aromatic heterocycles. The molecule has 0 unspecified atom stereocenters. The van der Waals surface area contributed by atoms with Gasteiger partial charge >= 0.3 is 5.63 Å². The summed E-state index contributed by atoms with van der Waals surface area (Å²) in [6.45, 7) is 1.73. The van der Waals surface area contributed by atoms with Crippen LogP contribution in [0.15, 0.2) is 63.8 Å². The summed E-state index contributed by atoms with van der Waals surface area (Å²) in [7, 11) is 0. The van der Waals surface area contributed by atoms with Gasteiger partial charge in [0.15, 0.2) is 11.6 Å². The number of carbonyl (C=O) groups excluding carboxylic acids is 1. The first-order valence-corrected chi connectivity index (χ1v) is 8.26. The van der Waals surface area contributed by atoms with Crippen LogP contribution in [-0.4, -0.2) is 15.9 Å². The maximum Gasteiger partial charge on any atom is 0.349 e. The zero-order valence-electron chi connectivity index (χ0n) is 14.0. The topological polar surface area (TPSA) is 85.1 Å². The van der Waals surface area contributed by atoms with Crippen LogP contribution >= 0.6 is 0 Å². The van der Waals surface area contributed by atoms with Crippen LogP contribution in [0.1, 0.15) is 13.3 Å². The van der Waals surface area contributed by atoms with Gasteiger partial charge in [0.1, 0.15) is 11.0 Å². The molecule has 4 rings (SSSR count). The van der Waals surface area contributed by atoms with Gasteiger partial charge in [-0.15, -0.1) is 0 Å². The molecule has 6 nitrogen and oxygen atoms in total. The summed E-state index contributed by atoms with van der Waals surface area (Å²) in [4.78, 5) is 33.5. The monoisotopic (exact) mass is 345 g/mol. The predicted octanol–water partition coefficient (Wildman–Crippen LogP) is 3.75. The highest BCUT2D eigenvalue weighted by molar-refractivity contribution is 6.08. The van der Waals surface area contributed by atoms with Crippen molar-refractivity contribution in [3.63, 3.8) is 0 Å². The summed E-state index contributed by atoms with van der Waals surface area (Å²) in [6, 6.07) is 16.6. The Bertz CT molecular complexity index is 1180. The molecule has 1 N–H and O–H groups in total. The molecule has 0 atom stereocenters. The van der Waals surface area contributed by atoms with Crippen LogP contribution in [0.25, 0.3) is 33.3 Å². The molecule has 0 bridgehead atoms. The summed E-state index contributed by atoms with van der Waals surface area (Å²) in [5.41, 5.74) is 1.11. The molecule has 0 saturated heterocycles. The summed E-state index contributed by atoms with van der Waals surface area (Å²) in [5, 5.41) is 3.56. The molecular formula is C20H15N3O3. The smallest absolute Gasteiger partial charge is 0.349 e. The van der Waals surface area contributed by atoms with Gasteiger partial charge in [-0.05, 0) is 12.1 Å². The number of fused-ring (bicyclic) bond motifs is 3. The van der Waals surface area contributed by atoms with Gasteiger partial charge in [-0.3, -0.25) is 4.79 Å². The van der Waals surface area contributed by atoms with E-state index in [1.807, 2.05) is 42.5 Å². The SMILES string of the molecule is CCC(=O)Nc1nc(-c2ccccc2)nc2c1c(=O)oc1ccccc12. The highest BCUT2D eigenvalue weighted by Crippen LogP contribution is 2.28. The molecule has 0 aliphatic heterocycles. The number of nitrogens with zero attached hydrogens (tertiary/aromatic N) is 2. The van der Waals surface area contributed by atoms with Crippen LogP contribution < -0.4 is 10.9 Å². The van der Waals surface area contributed by atoms with Crippen LogP contribution in [0, 0.1) is 0 Å². The molecular weight excluding hydrogens is 330 g/mol. The fourth-order valence-corrected chi connectivity index (χ4v) is 2.78. The van der Waals surface area contributed by atoms with Crippen molar-refractivity contribution in [3.05, 3.63) is 65.0 Å². The highest BCUT2D eigenvalue weighted by Gasteiger charge is 2.18. The van der Waals surface area contributed by atoms with Crippen LogP contribution in [-0.2, 0) is 4.79 Å². The number of aromatic nitrogens is 2. The van der Waals surface area contributed by atoms with Gasteiger partial charge in [0.25, 0.3) is 0 Å². The standard InChI is InChI=1S/C20H15N3O3/c1-2-15(24)21-19-16-17(13-10-6-7-11-14(13)26-20(16)25)22-18(23-19)12-8-4-3-5-9-12/h3-11H,2H2,1H3,(H,21,22,23,24). The van der Waals surface area contributed by atoms with Crippen molar-refractivity contribution in [2.75, 3.05) is 5.32 Å². The van der Waals surface area contributed by atoms with E-state index in [4.69, 9.17) is 4.42 Å². The lowest BCUT2D eigenvalue weighted by molar-refractivity contribution is -0.115. The van der Waals surface area contributed by atoms with Gasteiger partial charge in [0.2, 0.25) is 5.91 Å². The van der Waals surface area contributed by atoms with E-state index >= 15 is 0 Å². The average Bonchev–Trinajstić information content (AvgIpc) is 2.68. The second-order valence-corrected chi connectivity index (χ2v) is 5.77. The molecule has 128 valence electrons. The number of benzene rings is 2. The number of nitrogens with one attached hydrogen (secondary N) is 1. The van der Waals surface area contributed by atoms with Crippen LogP contribution in [0.3, 0.4) is 0 Å². The second-order valence-electron chi connectivity index (χ2n) is 5.77. The Kier molecular flexibility index (Phi) is 3.93. The molecule has 2 aromatic carbocycles. The van der Waals surface area contributed by atoms with Gasteiger partial charge in [0.05, 0.1) is 5.52 Å². The third-order valence-electron chi connectivity index (χ3n) is 4.07. The number of anilines is 1. The quantitative estimate of drug-likeness (QED) is 0.451. The van der Waals surface area contributed by atoms with E-state index in [-0.39, 0.29) is 23.5 Å². The number of hydrogen-bond donors (Lipinski definition) is 1. The molecule has 0 aliphatic carbocycles. The summed E-state index contributed by atoms with van der Waals surface area (Å²) in [6.07, 6.45) is 0.269. The Hall–Kier alpha value is -3.54. The molecule has 0 radical (unpaired) electrons. The fraction of sp³-hybridized carbons (Fsp3) is 0.100. The van der Waals surface area contributed by atoms with Gasteiger partial charge in [-0.1, -0.05) is 49.4 Å². The maximum atomic E-state index is 12.5. The number of amides is 1. The van der Waals surface area contributed by atoms with Crippen molar-refractivity contribution in [1.82, 2.24) is 9.97 Å². The van der Waals surface area contributed by atoms with Gasteiger partial charge in [-0.25, -0.2) is 14.8 Å². The molecule has 0 aliphatic rings.